The zero-order valence-corrected chi connectivity index (χ0v) is 35.6. The number of fused-ring (bicyclic) bond motifs is 12. The van der Waals surface area contributed by atoms with Gasteiger partial charge in [-0.1, -0.05) is 146 Å². The normalized spacial score (nSPS) is 12.3. The van der Waals surface area contributed by atoms with Crippen molar-refractivity contribution in [1.82, 2.24) is 19.5 Å². The molecule has 4 heteroatoms. The molecule has 0 atom stereocenters. The van der Waals surface area contributed by atoms with Crippen LogP contribution in [0.5, 0.6) is 0 Å². The number of hydrogen-bond donors (Lipinski definition) is 1. The Labute approximate surface area is 375 Å². The van der Waals surface area contributed by atoms with Gasteiger partial charge in [-0.15, -0.1) is 0 Å². The first-order valence-electron chi connectivity index (χ1n) is 22.2. The van der Waals surface area contributed by atoms with Crippen LogP contribution in [0.25, 0.3) is 134 Å². The lowest BCUT2D eigenvalue weighted by Crippen LogP contribution is -1.95. The average Bonchev–Trinajstić information content (AvgIpc) is 4.20. The molecule has 0 amide bonds. The first-order valence-corrected chi connectivity index (χ1v) is 22.2. The number of nitrogens with one attached hydrogen (secondary N) is 1. The highest BCUT2D eigenvalue weighted by Gasteiger charge is 2.21. The van der Waals surface area contributed by atoms with Crippen molar-refractivity contribution in [3.63, 3.8) is 0 Å². The third kappa shape index (κ3) is 6.22. The van der Waals surface area contributed by atoms with Crippen LogP contribution in [0.3, 0.4) is 0 Å². The predicted octanol–water partition coefficient (Wildman–Crippen LogP) is 15.9. The van der Waals surface area contributed by atoms with E-state index in [1.54, 1.807) is 0 Å². The van der Waals surface area contributed by atoms with Crippen LogP contribution in [0.2, 0.25) is 0 Å². The predicted molar refractivity (Wildman–Crippen MR) is 275 cm³/mol. The molecule has 0 fully saturated rings. The van der Waals surface area contributed by atoms with Crippen molar-refractivity contribution in [2.24, 2.45) is 7.05 Å². The molecule has 0 spiro atoms. The second kappa shape index (κ2) is 14.8. The molecule has 2 aliphatic heterocycles. The minimum atomic E-state index is 0.896. The molecule has 1 N–H and O–H groups in total. The maximum absolute atomic E-state index is 5.62. The Kier molecular flexibility index (Phi) is 8.40. The quantitative estimate of drug-likeness (QED) is 0.192. The lowest BCUT2D eigenvalue weighted by atomic mass is 9.99. The number of nitrogens with zero attached hydrogens (tertiary/aromatic N) is 3. The first kappa shape index (κ1) is 37.0. The maximum atomic E-state index is 5.62. The van der Waals surface area contributed by atoms with E-state index >= 15 is 0 Å². The summed E-state index contributed by atoms with van der Waals surface area (Å²) in [7, 11) is 2.18. The molecular formula is C61H40N4. The van der Waals surface area contributed by atoms with Crippen molar-refractivity contribution in [2.45, 2.75) is 0 Å². The lowest BCUT2D eigenvalue weighted by molar-refractivity contribution is 1.01. The van der Waals surface area contributed by atoms with E-state index in [0.717, 1.165) is 89.4 Å². The summed E-state index contributed by atoms with van der Waals surface area (Å²) >= 11 is 0. The number of aromatic amines is 1. The molecule has 13 rings (SSSR count). The fraction of sp³-hybridized carbons (Fsp3) is 0.0164. The largest absolute Gasteiger partial charge is 0.354 e. The molecule has 2 aliphatic rings. The summed E-state index contributed by atoms with van der Waals surface area (Å²) in [6, 6.07) is 70.2. The number of rotatable bonds is 4. The Bertz CT molecular complexity index is 3770. The van der Waals surface area contributed by atoms with Crippen LogP contribution in [-0.2, 0) is 7.05 Å². The third-order valence-corrected chi connectivity index (χ3v) is 13.3. The van der Waals surface area contributed by atoms with Gasteiger partial charge in [0.2, 0.25) is 0 Å². The van der Waals surface area contributed by atoms with E-state index in [0.29, 0.717) is 0 Å². The molecule has 65 heavy (non-hydrogen) atoms. The Hall–Kier alpha value is -8.60. The number of hydrogen-bond acceptors (Lipinski definition) is 2. The number of aromatic nitrogens is 4. The van der Waals surface area contributed by atoms with Crippen molar-refractivity contribution >= 4 is 89.5 Å². The molecule has 11 aromatic rings. The van der Waals surface area contributed by atoms with Crippen LogP contribution in [0.4, 0.5) is 0 Å². The number of aryl methyl sites for hydroxylation is 1. The standard InChI is InChI=1S/C61H40N4/c1-65-56-32-33-57(65)61(49-25-21-41-13-5-9-17-45(41)37-49)55-31-29-53(64-55)59(47-23-19-39-11-3-7-15-43(39)35-47)51-27-26-50(62-51)58(46-22-18-38-10-2-6-14-42(38)34-46)52-28-30-54(63-52)60(56)48-24-20-40-12-4-8-16-44(40)36-48/h2-37,62H,1H3. The minimum Gasteiger partial charge on any atom is -0.354 e. The SMILES string of the molecule is Cn1c2ccc1c(-c1ccc3ccccc3c1)c1nc(c(-c3ccc4ccccc4c3)c3ccc([nH]3)c(-c3ccc4ccccc4c3)c3nc(c2-c2ccc4ccccc4c2)C=C3)C=C1. The van der Waals surface area contributed by atoms with Crippen LogP contribution >= 0.6 is 0 Å². The molecule has 5 heterocycles. The Morgan fingerprint density at radius 3 is 0.938 bits per heavy atom. The van der Waals surface area contributed by atoms with Gasteiger partial charge < -0.3 is 9.55 Å². The highest BCUT2D eigenvalue weighted by Crippen LogP contribution is 2.41. The summed E-state index contributed by atoms with van der Waals surface area (Å²) in [6.07, 6.45) is 8.77. The van der Waals surface area contributed by atoms with E-state index in [1.807, 2.05) is 0 Å². The molecule has 0 unspecified atom stereocenters. The summed E-state index contributed by atoms with van der Waals surface area (Å²) in [5.74, 6) is 0. The third-order valence-electron chi connectivity index (χ3n) is 13.3. The van der Waals surface area contributed by atoms with Crippen molar-refractivity contribution in [3.8, 4) is 44.5 Å². The first-order chi connectivity index (χ1) is 32.1. The summed E-state index contributed by atoms with van der Waals surface area (Å²) < 4.78 is 2.34. The highest BCUT2D eigenvalue weighted by atomic mass is 14.9. The van der Waals surface area contributed by atoms with Gasteiger partial charge >= 0.3 is 0 Å². The fourth-order valence-corrected chi connectivity index (χ4v) is 10.1. The molecule has 8 bridgehead atoms. The van der Waals surface area contributed by atoms with Gasteiger partial charge in [-0.3, -0.25) is 0 Å². The van der Waals surface area contributed by atoms with Gasteiger partial charge in [0.15, 0.2) is 0 Å². The molecule has 0 saturated carbocycles. The zero-order valence-electron chi connectivity index (χ0n) is 35.6. The van der Waals surface area contributed by atoms with Crippen LogP contribution in [-0.4, -0.2) is 19.5 Å². The van der Waals surface area contributed by atoms with Crippen LogP contribution < -0.4 is 0 Å². The van der Waals surface area contributed by atoms with E-state index in [4.69, 9.17) is 9.97 Å². The maximum Gasteiger partial charge on any atom is 0.0737 e. The molecule has 8 aromatic carbocycles. The monoisotopic (exact) mass is 828 g/mol. The van der Waals surface area contributed by atoms with E-state index in [9.17, 15) is 0 Å². The second-order valence-corrected chi connectivity index (χ2v) is 17.1. The highest BCUT2D eigenvalue weighted by molar-refractivity contribution is 6.03. The van der Waals surface area contributed by atoms with Crippen LogP contribution in [0, 0.1) is 0 Å². The fourth-order valence-electron chi connectivity index (χ4n) is 10.1. The Morgan fingerprint density at radius 2 is 0.600 bits per heavy atom. The van der Waals surface area contributed by atoms with Gasteiger partial charge in [0.25, 0.3) is 0 Å². The second-order valence-electron chi connectivity index (χ2n) is 17.1. The molecule has 0 aliphatic carbocycles. The van der Waals surface area contributed by atoms with Gasteiger partial charge in [0.1, 0.15) is 0 Å². The number of H-pyrrole nitrogens is 1. The average molecular weight is 829 g/mol. The van der Waals surface area contributed by atoms with Crippen LogP contribution in [0.15, 0.2) is 194 Å². The van der Waals surface area contributed by atoms with Gasteiger partial charge in [-0.05, 0) is 138 Å². The number of benzene rings is 8. The van der Waals surface area contributed by atoms with E-state index in [1.165, 1.54) is 43.1 Å². The summed E-state index contributed by atoms with van der Waals surface area (Å²) in [6.45, 7) is 0. The lowest BCUT2D eigenvalue weighted by Gasteiger charge is -2.11. The molecule has 304 valence electrons. The van der Waals surface area contributed by atoms with Crippen molar-refractivity contribution in [2.75, 3.05) is 0 Å². The Morgan fingerprint density at radius 1 is 0.308 bits per heavy atom. The van der Waals surface area contributed by atoms with Crippen molar-refractivity contribution in [3.05, 3.63) is 217 Å². The Balaban J connectivity index is 1.20. The summed E-state index contributed by atoms with van der Waals surface area (Å²) in [5, 5.41) is 9.53. The van der Waals surface area contributed by atoms with Gasteiger partial charge in [0.05, 0.1) is 33.8 Å². The van der Waals surface area contributed by atoms with Crippen molar-refractivity contribution < 1.29 is 0 Å². The van der Waals surface area contributed by atoms with Gasteiger partial charge in [-0.25, -0.2) is 9.97 Å². The molecule has 0 saturated heterocycles. The molecule has 4 nitrogen and oxygen atoms in total. The zero-order chi connectivity index (χ0) is 43.0. The summed E-state index contributed by atoms with van der Waals surface area (Å²) in [5.41, 5.74) is 16.3. The van der Waals surface area contributed by atoms with Crippen LogP contribution in [0.1, 0.15) is 22.8 Å². The topological polar surface area (TPSA) is 46.5 Å². The van der Waals surface area contributed by atoms with Gasteiger partial charge in [0, 0.05) is 40.3 Å². The van der Waals surface area contributed by atoms with Gasteiger partial charge in [-0.2, -0.15) is 0 Å². The molecular weight excluding hydrogens is 789 g/mol. The van der Waals surface area contributed by atoms with E-state index in [2.05, 4.69) is 235 Å². The van der Waals surface area contributed by atoms with Crippen molar-refractivity contribution in [1.29, 1.82) is 0 Å². The smallest absolute Gasteiger partial charge is 0.0737 e. The van der Waals surface area contributed by atoms with E-state index < -0.39 is 0 Å². The van der Waals surface area contributed by atoms with E-state index in [-0.39, 0.29) is 0 Å². The summed E-state index contributed by atoms with van der Waals surface area (Å²) in [4.78, 5) is 15.2. The molecule has 0 radical (unpaired) electrons. The molecule has 3 aromatic heterocycles. The minimum absolute atomic E-state index is 0.896.